The number of hydrogen-bond acceptors (Lipinski definition) is 2. The molecule has 12 heavy (non-hydrogen) atoms. The van der Waals surface area contributed by atoms with Crippen LogP contribution in [-0.2, 0) is 0 Å². The summed E-state index contributed by atoms with van der Waals surface area (Å²) in [6.45, 7) is 5.25. The average Bonchev–Trinajstić information content (AvgIpc) is 2.09. The number of rotatable bonds is 4. The molecular weight excluding hydrogens is 148 g/mol. The Kier molecular flexibility index (Phi) is 3.58. The molecule has 0 amide bonds. The van der Waals surface area contributed by atoms with Crippen LogP contribution in [0, 0.1) is 6.92 Å². The third kappa shape index (κ3) is 2.91. The topological polar surface area (TPSA) is 24.9 Å². The quantitative estimate of drug-likeness (QED) is 0.692. The van der Waals surface area contributed by atoms with Crippen molar-refractivity contribution in [3.63, 3.8) is 0 Å². The fourth-order valence-corrected chi connectivity index (χ4v) is 0.966. The molecular formula is C10H16N2. The first-order valence-electron chi connectivity index (χ1n) is 4.49. The van der Waals surface area contributed by atoms with Crippen LogP contribution < -0.4 is 5.32 Å². The molecule has 1 N–H and O–H groups in total. The smallest absolute Gasteiger partial charge is 0.125 e. The standard InChI is InChI=1S/C10H16N2/c1-3-4-7-11-10-6-5-9(2)8-12-10/h5-6,8H,3-4,7H2,1-2H3,(H,11,12). The fraction of sp³-hybridized carbons (Fsp3) is 0.500. The fourth-order valence-electron chi connectivity index (χ4n) is 0.966. The normalized spacial score (nSPS) is 9.83. The molecule has 0 bridgehead atoms. The zero-order valence-corrected chi connectivity index (χ0v) is 7.80. The lowest BCUT2D eigenvalue weighted by Crippen LogP contribution is -2.02. The third-order valence-electron chi connectivity index (χ3n) is 1.75. The molecule has 1 aromatic heterocycles. The largest absolute Gasteiger partial charge is 0.370 e. The minimum Gasteiger partial charge on any atom is -0.370 e. The molecule has 0 spiro atoms. The molecule has 0 saturated carbocycles. The highest BCUT2D eigenvalue weighted by Crippen LogP contribution is 2.03. The Labute approximate surface area is 74.0 Å². The molecule has 0 aliphatic rings. The van der Waals surface area contributed by atoms with Gasteiger partial charge in [0.2, 0.25) is 0 Å². The van der Waals surface area contributed by atoms with Crippen LogP contribution in [0.5, 0.6) is 0 Å². The summed E-state index contributed by atoms with van der Waals surface area (Å²) in [6, 6.07) is 4.09. The van der Waals surface area contributed by atoms with Gasteiger partial charge in [-0.15, -0.1) is 0 Å². The highest BCUT2D eigenvalue weighted by atomic mass is 15.0. The van der Waals surface area contributed by atoms with Gasteiger partial charge in [-0.2, -0.15) is 0 Å². The summed E-state index contributed by atoms with van der Waals surface area (Å²) in [5.74, 6) is 0.981. The van der Waals surface area contributed by atoms with Crippen LogP contribution in [0.1, 0.15) is 25.3 Å². The lowest BCUT2D eigenvalue weighted by atomic mass is 10.3. The predicted octanol–water partition coefficient (Wildman–Crippen LogP) is 2.60. The number of anilines is 1. The van der Waals surface area contributed by atoms with Gasteiger partial charge in [0, 0.05) is 12.7 Å². The van der Waals surface area contributed by atoms with E-state index < -0.39 is 0 Å². The number of unbranched alkanes of at least 4 members (excludes halogenated alkanes) is 1. The van der Waals surface area contributed by atoms with Gasteiger partial charge in [-0.05, 0) is 25.0 Å². The minimum absolute atomic E-state index is 0.981. The number of nitrogens with zero attached hydrogens (tertiary/aromatic N) is 1. The van der Waals surface area contributed by atoms with Gasteiger partial charge in [0.1, 0.15) is 5.82 Å². The van der Waals surface area contributed by atoms with E-state index in [0.717, 1.165) is 12.4 Å². The van der Waals surface area contributed by atoms with Crippen molar-refractivity contribution in [2.45, 2.75) is 26.7 Å². The number of hydrogen-bond donors (Lipinski definition) is 1. The average molecular weight is 164 g/mol. The number of pyridine rings is 1. The molecule has 1 heterocycles. The van der Waals surface area contributed by atoms with Gasteiger partial charge in [0.25, 0.3) is 0 Å². The lowest BCUT2D eigenvalue weighted by Gasteiger charge is -2.03. The minimum atomic E-state index is 0.981. The Morgan fingerprint density at radius 1 is 1.42 bits per heavy atom. The molecule has 0 radical (unpaired) electrons. The molecule has 0 saturated heterocycles. The summed E-state index contributed by atoms with van der Waals surface area (Å²) >= 11 is 0. The molecule has 0 atom stereocenters. The van der Waals surface area contributed by atoms with Crippen LogP contribution in [0.4, 0.5) is 5.82 Å². The highest BCUT2D eigenvalue weighted by Gasteiger charge is 1.90. The zero-order chi connectivity index (χ0) is 8.81. The van der Waals surface area contributed by atoms with Crippen LogP contribution >= 0.6 is 0 Å². The first kappa shape index (κ1) is 9.04. The van der Waals surface area contributed by atoms with Gasteiger partial charge < -0.3 is 5.32 Å². The Balaban J connectivity index is 2.37. The Bertz CT molecular complexity index is 216. The summed E-state index contributed by atoms with van der Waals surface area (Å²) < 4.78 is 0. The third-order valence-corrected chi connectivity index (χ3v) is 1.75. The second kappa shape index (κ2) is 4.75. The van der Waals surface area contributed by atoms with E-state index in [2.05, 4.69) is 23.3 Å². The van der Waals surface area contributed by atoms with Crippen LogP contribution in [0.25, 0.3) is 0 Å². The molecule has 0 unspecified atom stereocenters. The molecule has 2 heteroatoms. The first-order valence-corrected chi connectivity index (χ1v) is 4.49. The zero-order valence-electron chi connectivity index (χ0n) is 7.80. The second-order valence-electron chi connectivity index (χ2n) is 3.00. The molecule has 2 nitrogen and oxygen atoms in total. The van der Waals surface area contributed by atoms with Gasteiger partial charge in [0.05, 0.1) is 0 Å². The molecule has 66 valence electrons. The van der Waals surface area contributed by atoms with E-state index >= 15 is 0 Å². The van der Waals surface area contributed by atoms with Gasteiger partial charge >= 0.3 is 0 Å². The van der Waals surface area contributed by atoms with Crippen molar-refractivity contribution < 1.29 is 0 Å². The Morgan fingerprint density at radius 3 is 2.83 bits per heavy atom. The van der Waals surface area contributed by atoms with Crippen molar-refractivity contribution in [1.82, 2.24) is 4.98 Å². The van der Waals surface area contributed by atoms with E-state index in [4.69, 9.17) is 0 Å². The van der Waals surface area contributed by atoms with E-state index in [1.165, 1.54) is 18.4 Å². The Hall–Kier alpha value is -1.05. The summed E-state index contributed by atoms with van der Waals surface area (Å²) in [4.78, 5) is 4.24. The predicted molar refractivity (Wildman–Crippen MR) is 52.4 cm³/mol. The van der Waals surface area contributed by atoms with Crippen molar-refractivity contribution >= 4 is 5.82 Å². The Morgan fingerprint density at radius 2 is 2.25 bits per heavy atom. The second-order valence-corrected chi connectivity index (χ2v) is 3.00. The van der Waals surface area contributed by atoms with Crippen LogP contribution in [0.2, 0.25) is 0 Å². The summed E-state index contributed by atoms with van der Waals surface area (Å²) in [6.07, 6.45) is 4.31. The summed E-state index contributed by atoms with van der Waals surface area (Å²) in [5, 5.41) is 3.26. The molecule has 0 aromatic carbocycles. The van der Waals surface area contributed by atoms with Crippen LogP contribution in [0.3, 0.4) is 0 Å². The molecule has 0 aliphatic heterocycles. The van der Waals surface area contributed by atoms with Gasteiger partial charge in [-0.3, -0.25) is 0 Å². The summed E-state index contributed by atoms with van der Waals surface area (Å²) in [7, 11) is 0. The van der Waals surface area contributed by atoms with E-state index in [1.807, 2.05) is 19.2 Å². The van der Waals surface area contributed by atoms with E-state index in [0.29, 0.717) is 0 Å². The van der Waals surface area contributed by atoms with Crippen LogP contribution in [-0.4, -0.2) is 11.5 Å². The number of aromatic nitrogens is 1. The van der Waals surface area contributed by atoms with E-state index in [9.17, 15) is 0 Å². The van der Waals surface area contributed by atoms with Crippen molar-refractivity contribution in [1.29, 1.82) is 0 Å². The number of nitrogens with one attached hydrogen (secondary N) is 1. The monoisotopic (exact) mass is 164 g/mol. The molecule has 0 fully saturated rings. The lowest BCUT2D eigenvalue weighted by molar-refractivity contribution is 0.831. The SMILES string of the molecule is CCCCNc1ccc(C)cn1. The summed E-state index contributed by atoms with van der Waals surface area (Å²) in [5.41, 5.74) is 1.20. The van der Waals surface area contributed by atoms with Crippen molar-refractivity contribution in [3.05, 3.63) is 23.9 Å². The maximum absolute atomic E-state index is 4.24. The van der Waals surface area contributed by atoms with Crippen LogP contribution in [0.15, 0.2) is 18.3 Å². The number of aryl methyl sites for hydroxylation is 1. The first-order chi connectivity index (χ1) is 5.83. The van der Waals surface area contributed by atoms with Gasteiger partial charge in [0.15, 0.2) is 0 Å². The maximum Gasteiger partial charge on any atom is 0.125 e. The molecule has 0 aliphatic carbocycles. The molecule has 1 rings (SSSR count). The van der Waals surface area contributed by atoms with Gasteiger partial charge in [-0.25, -0.2) is 4.98 Å². The van der Waals surface area contributed by atoms with Crippen molar-refractivity contribution in [2.24, 2.45) is 0 Å². The van der Waals surface area contributed by atoms with Crippen molar-refractivity contribution in [2.75, 3.05) is 11.9 Å². The van der Waals surface area contributed by atoms with Gasteiger partial charge in [-0.1, -0.05) is 19.4 Å². The highest BCUT2D eigenvalue weighted by molar-refractivity contribution is 5.34. The maximum atomic E-state index is 4.24. The molecule has 1 aromatic rings. The van der Waals surface area contributed by atoms with Crippen molar-refractivity contribution in [3.8, 4) is 0 Å². The van der Waals surface area contributed by atoms with E-state index in [-0.39, 0.29) is 0 Å². The van der Waals surface area contributed by atoms with E-state index in [1.54, 1.807) is 0 Å².